The van der Waals surface area contributed by atoms with Gasteiger partial charge < -0.3 is 0 Å². The highest BCUT2D eigenvalue weighted by Crippen LogP contribution is 1.92. The fourth-order valence-electron chi connectivity index (χ4n) is 0.834. The van der Waals surface area contributed by atoms with Gasteiger partial charge in [0, 0.05) is 11.9 Å². The lowest BCUT2D eigenvalue weighted by Crippen LogP contribution is -1.81. The summed E-state index contributed by atoms with van der Waals surface area (Å²) >= 11 is 1.71. The van der Waals surface area contributed by atoms with Crippen molar-refractivity contribution < 1.29 is 0 Å². The van der Waals surface area contributed by atoms with E-state index in [9.17, 15) is 0 Å². The van der Waals surface area contributed by atoms with Gasteiger partial charge in [-0.2, -0.15) is 11.3 Å². The smallest absolute Gasteiger partial charge is 0.0400 e. The number of nitrogens with zero attached hydrogens (tertiary/aromatic N) is 1. The lowest BCUT2D eigenvalue weighted by Gasteiger charge is -1.88. The minimum absolute atomic E-state index is 1.03. The number of aryl methyl sites for hydroxylation is 1. The molecule has 2 heterocycles. The number of rotatable bonds is 1. The van der Waals surface area contributed by atoms with Gasteiger partial charge in [0.15, 0.2) is 0 Å². The normalized spacial score (nSPS) is 8.69. The van der Waals surface area contributed by atoms with E-state index in [1.54, 1.807) is 11.3 Å². The van der Waals surface area contributed by atoms with E-state index in [0.29, 0.717) is 0 Å². The highest BCUT2D eigenvalue weighted by molar-refractivity contribution is 7.07. The summed E-state index contributed by atoms with van der Waals surface area (Å²) in [6, 6.07) is 10.0. The second kappa shape index (κ2) is 6.38. The standard InChI is InChI=1S/C7H9N.C4H4S/c1-2-7-5-3-4-6-8-7;1-2-4-5-3-1/h3-6H,2H2,1H3;1-4H. The number of hydrogen-bond acceptors (Lipinski definition) is 2. The quantitative estimate of drug-likeness (QED) is 0.673. The van der Waals surface area contributed by atoms with Gasteiger partial charge in [0.05, 0.1) is 0 Å². The Hall–Kier alpha value is -1.15. The Morgan fingerprint density at radius 3 is 2.23 bits per heavy atom. The lowest BCUT2D eigenvalue weighted by molar-refractivity contribution is 1.04. The molecule has 2 aromatic rings. The first-order chi connectivity index (χ1) is 6.43. The highest BCUT2D eigenvalue weighted by atomic mass is 32.1. The molecule has 0 fully saturated rings. The van der Waals surface area contributed by atoms with E-state index in [4.69, 9.17) is 0 Å². The zero-order chi connectivity index (χ0) is 9.36. The highest BCUT2D eigenvalue weighted by Gasteiger charge is 1.81. The van der Waals surface area contributed by atoms with Gasteiger partial charge in [-0.1, -0.05) is 25.1 Å². The third kappa shape index (κ3) is 4.43. The summed E-state index contributed by atoms with van der Waals surface area (Å²) in [5, 5.41) is 4.08. The average Bonchev–Trinajstić information content (AvgIpc) is 2.77. The Labute approximate surface area is 83.1 Å². The van der Waals surface area contributed by atoms with Gasteiger partial charge in [-0.3, -0.25) is 4.98 Å². The van der Waals surface area contributed by atoms with Crippen LogP contribution in [-0.4, -0.2) is 4.98 Å². The molecule has 0 saturated heterocycles. The van der Waals surface area contributed by atoms with E-state index in [2.05, 4.69) is 11.9 Å². The molecule has 0 aliphatic carbocycles. The molecular weight excluding hydrogens is 178 g/mol. The second-order valence-electron chi connectivity index (χ2n) is 2.47. The molecule has 2 aromatic heterocycles. The average molecular weight is 191 g/mol. The molecule has 0 N–H and O–H groups in total. The molecule has 2 rings (SSSR count). The van der Waals surface area contributed by atoms with Crippen LogP contribution in [0.5, 0.6) is 0 Å². The molecule has 0 atom stereocenters. The van der Waals surface area contributed by atoms with Crippen molar-refractivity contribution in [1.82, 2.24) is 4.98 Å². The first-order valence-electron chi connectivity index (χ1n) is 4.30. The largest absolute Gasteiger partial charge is 0.261 e. The monoisotopic (exact) mass is 191 g/mol. The molecule has 68 valence electrons. The Balaban J connectivity index is 0.000000145. The summed E-state index contributed by atoms with van der Waals surface area (Å²) in [6.07, 6.45) is 2.85. The van der Waals surface area contributed by atoms with Crippen LogP contribution in [0.3, 0.4) is 0 Å². The van der Waals surface area contributed by atoms with Gasteiger partial charge in [0.25, 0.3) is 0 Å². The van der Waals surface area contributed by atoms with Crippen molar-refractivity contribution in [3.05, 3.63) is 53.0 Å². The van der Waals surface area contributed by atoms with Crippen LogP contribution in [0.25, 0.3) is 0 Å². The topological polar surface area (TPSA) is 12.9 Å². The molecule has 0 saturated carbocycles. The summed E-state index contributed by atoms with van der Waals surface area (Å²) in [6.45, 7) is 2.10. The molecule has 0 aromatic carbocycles. The second-order valence-corrected chi connectivity index (χ2v) is 3.28. The molecule has 2 heteroatoms. The third-order valence-electron chi connectivity index (χ3n) is 1.51. The number of pyridine rings is 1. The van der Waals surface area contributed by atoms with Crippen molar-refractivity contribution in [3.63, 3.8) is 0 Å². The summed E-state index contributed by atoms with van der Waals surface area (Å²) in [5.74, 6) is 0. The molecule has 0 radical (unpaired) electrons. The van der Waals surface area contributed by atoms with E-state index >= 15 is 0 Å². The number of aromatic nitrogens is 1. The van der Waals surface area contributed by atoms with Crippen molar-refractivity contribution in [3.8, 4) is 0 Å². The minimum Gasteiger partial charge on any atom is -0.261 e. The Morgan fingerprint density at radius 1 is 1.15 bits per heavy atom. The number of hydrogen-bond donors (Lipinski definition) is 0. The molecule has 13 heavy (non-hydrogen) atoms. The minimum atomic E-state index is 1.03. The van der Waals surface area contributed by atoms with Gasteiger partial charge in [-0.25, -0.2) is 0 Å². The third-order valence-corrected chi connectivity index (χ3v) is 2.14. The van der Waals surface area contributed by atoms with Crippen molar-refractivity contribution >= 4 is 11.3 Å². The van der Waals surface area contributed by atoms with Gasteiger partial charge in [-0.05, 0) is 29.3 Å². The molecular formula is C11H13NS. The Bertz CT molecular complexity index is 272. The van der Waals surface area contributed by atoms with Crippen LogP contribution >= 0.6 is 11.3 Å². The molecule has 0 bridgehead atoms. The molecule has 0 amide bonds. The van der Waals surface area contributed by atoms with Crippen LogP contribution in [0.1, 0.15) is 12.6 Å². The van der Waals surface area contributed by atoms with E-state index in [1.807, 2.05) is 47.3 Å². The molecule has 1 nitrogen and oxygen atoms in total. The van der Waals surface area contributed by atoms with Crippen molar-refractivity contribution in [2.24, 2.45) is 0 Å². The predicted molar refractivity (Wildman–Crippen MR) is 57.9 cm³/mol. The van der Waals surface area contributed by atoms with Crippen molar-refractivity contribution in [1.29, 1.82) is 0 Å². The SMILES string of the molecule is CCc1ccccn1.c1ccsc1. The zero-order valence-corrected chi connectivity index (χ0v) is 8.50. The maximum atomic E-state index is 4.10. The van der Waals surface area contributed by atoms with Gasteiger partial charge in [0.2, 0.25) is 0 Å². The van der Waals surface area contributed by atoms with Gasteiger partial charge in [-0.15, -0.1) is 0 Å². The Morgan fingerprint density at radius 2 is 1.92 bits per heavy atom. The van der Waals surface area contributed by atoms with Crippen LogP contribution in [0.15, 0.2) is 47.3 Å². The van der Waals surface area contributed by atoms with E-state index in [1.165, 1.54) is 0 Å². The van der Waals surface area contributed by atoms with Crippen LogP contribution in [0, 0.1) is 0 Å². The summed E-state index contributed by atoms with van der Waals surface area (Å²) in [7, 11) is 0. The molecule has 0 spiro atoms. The lowest BCUT2D eigenvalue weighted by atomic mass is 10.3. The van der Waals surface area contributed by atoms with Crippen LogP contribution < -0.4 is 0 Å². The van der Waals surface area contributed by atoms with Crippen LogP contribution in [0.4, 0.5) is 0 Å². The summed E-state index contributed by atoms with van der Waals surface area (Å²) in [5.41, 5.74) is 1.16. The maximum absolute atomic E-state index is 4.10. The summed E-state index contributed by atoms with van der Waals surface area (Å²) < 4.78 is 0. The summed E-state index contributed by atoms with van der Waals surface area (Å²) in [4.78, 5) is 4.10. The van der Waals surface area contributed by atoms with Crippen molar-refractivity contribution in [2.45, 2.75) is 13.3 Å². The first kappa shape index (κ1) is 9.93. The van der Waals surface area contributed by atoms with Gasteiger partial charge >= 0.3 is 0 Å². The van der Waals surface area contributed by atoms with Crippen molar-refractivity contribution in [2.75, 3.05) is 0 Å². The van der Waals surface area contributed by atoms with E-state index in [0.717, 1.165) is 12.1 Å². The van der Waals surface area contributed by atoms with Crippen LogP contribution in [0.2, 0.25) is 0 Å². The van der Waals surface area contributed by atoms with Crippen LogP contribution in [-0.2, 0) is 6.42 Å². The van der Waals surface area contributed by atoms with Gasteiger partial charge in [0.1, 0.15) is 0 Å². The van der Waals surface area contributed by atoms with E-state index in [-0.39, 0.29) is 0 Å². The van der Waals surface area contributed by atoms with E-state index < -0.39 is 0 Å². The zero-order valence-electron chi connectivity index (χ0n) is 7.68. The maximum Gasteiger partial charge on any atom is 0.0400 e. The molecule has 0 unspecified atom stereocenters. The number of thiophene rings is 1. The fraction of sp³-hybridized carbons (Fsp3) is 0.182. The molecule has 0 aliphatic rings. The molecule has 0 aliphatic heterocycles. The Kier molecular flexibility index (Phi) is 4.87. The predicted octanol–water partition coefficient (Wildman–Crippen LogP) is 3.39. The fourth-order valence-corrected chi connectivity index (χ4v) is 1.29. The first-order valence-corrected chi connectivity index (χ1v) is 5.25.